The predicted molar refractivity (Wildman–Crippen MR) is 190 cm³/mol. The van der Waals surface area contributed by atoms with E-state index in [1.165, 1.54) is 33.4 Å². The van der Waals surface area contributed by atoms with Crippen LogP contribution in [0.4, 0.5) is 22.7 Å². The fourth-order valence-corrected chi connectivity index (χ4v) is 8.34. The predicted octanol–water partition coefficient (Wildman–Crippen LogP) is 10.9. The molecule has 2 aliphatic rings. The quantitative estimate of drug-likeness (QED) is 0.185. The van der Waals surface area contributed by atoms with Gasteiger partial charge in [-0.3, -0.25) is 4.98 Å². The van der Waals surface area contributed by atoms with E-state index in [2.05, 4.69) is 153 Å². The summed E-state index contributed by atoms with van der Waals surface area (Å²) in [6.07, 6.45) is 3.75. The Morgan fingerprint density at radius 3 is 1.79 bits per heavy atom. The van der Waals surface area contributed by atoms with Crippen LogP contribution in [0.3, 0.4) is 0 Å². The number of nitrogens with zero attached hydrogens (tertiary/aromatic N) is 4. The zero-order valence-corrected chi connectivity index (χ0v) is 25.3. The smallest absolute Gasteiger partial charge is 0.210 e. The number of aromatic nitrogens is 2. The molecule has 8 aromatic rings. The van der Waals surface area contributed by atoms with Crippen molar-refractivity contribution in [1.82, 2.24) is 9.55 Å². The van der Waals surface area contributed by atoms with Crippen LogP contribution in [0.15, 0.2) is 158 Å². The number of rotatable bonds is 2. The molecule has 3 heterocycles. The summed E-state index contributed by atoms with van der Waals surface area (Å²) in [4.78, 5) is 10.8. The molecule has 1 aliphatic heterocycles. The van der Waals surface area contributed by atoms with Gasteiger partial charge >= 0.3 is 0 Å². The van der Waals surface area contributed by atoms with Crippen molar-refractivity contribution in [3.8, 4) is 16.8 Å². The topological polar surface area (TPSA) is 25.4 Å². The summed E-state index contributed by atoms with van der Waals surface area (Å²) < 4.78 is 2.22. The van der Waals surface area contributed by atoms with Gasteiger partial charge in [0.2, 0.25) is 5.69 Å². The lowest BCUT2D eigenvalue weighted by atomic mass is 9.64. The van der Waals surface area contributed by atoms with Gasteiger partial charge in [-0.1, -0.05) is 109 Å². The van der Waals surface area contributed by atoms with Crippen LogP contribution in [0.1, 0.15) is 22.3 Å². The second kappa shape index (κ2) is 9.53. The minimum Gasteiger partial charge on any atom is -0.319 e. The Labute approximate surface area is 272 Å². The van der Waals surface area contributed by atoms with Crippen LogP contribution < -0.4 is 4.90 Å². The first-order valence-electron chi connectivity index (χ1n) is 15.8. The molecule has 0 amide bonds. The van der Waals surface area contributed by atoms with Gasteiger partial charge in [0, 0.05) is 28.9 Å². The van der Waals surface area contributed by atoms with Crippen LogP contribution in [0.5, 0.6) is 0 Å². The van der Waals surface area contributed by atoms with Crippen molar-refractivity contribution >= 4 is 44.6 Å². The number of para-hydroxylation sites is 3. The van der Waals surface area contributed by atoms with Gasteiger partial charge in [-0.05, 0) is 69.8 Å². The van der Waals surface area contributed by atoms with E-state index in [0.29, 0.717) is 5.69 Å². The van der Waals surface area contributed by atoms with Gasteiger partial charge in [-0.25, -0.2) is 4.85 Å². The molecule has 2 aromatic heterocycles. The molecule has 0 radical (unpaired) electrons. The normalized spacial score (nSPS) is 13.6. The molecule has 0 saturated carbocycles. The summed E-state index contributed by atoms with van der Waals surface area (Å²) >= 11 is 0. The molecule has 218 valence electrons. The van der Waals surface area contributed by atoms with Crippen molar-refractivity contribution < 1.29 is 0 Å². The SMILES string of the molecule is [C-]#[N+]c1ccc(N2c3ccccc3C3(c4ccccc4-c4ccccc43)c3ccccc32)cc1-n1c2ccccc2c2cnccc21. The van der Waals surface area contributed by atoms with Crippen molar-refractivity contribution in [3.05, 3.63) is 192 Å². The fourth-order valence-electron chi connectivity index (χ4n) is 8.34. The lowest BCUT2D eigenvalue weighted by Gasteiger charge is -2.45. The van der Waals surface area contributed by atoms with Gasteiger partial charge < -0.3 is 9.47 Å². The van der Waals surface area contributed by atoms with Crippen LogP contribution in [0, 0.1) is 6.57 Å². The molecule has 0 bridgehead atoms. The summed E-state index contributed by atoms with van der Waals surface area (Å²) in [5, 5.41) is 2.18. The molecule has 47 heavy (non-hydrogen) atoms. The molecule has 0 N–H and O–H groups in total. The molecule has 6 aromatic carbocycles. The van der Waals surface area contributed by atoms with Crippen molar-refractivity contribution in [2.45, 2.75) is 5.41 Å². The van der Waals surface area contributed by atoms with Crippen molar-refractivity contribution in [2.75, 3.05) is 4.90 Å². The first-order chi connectivity index (χ1) is 23.3. The average Bonchev–Trinajstić information content (AvgIpc) is 3.63. The molecule has 4 nitrogen and oxygen atoms in total. The van der Waals surface area contributed by atoms with Crippen LogP contribution >= 0.6 is 0 Å². The molecule has 1 spiro atoms. The number of pyridine rings is 1. The summed E-state index contributed by atoms with van der Waals surface area (Å²) in [5.41, 5.74) is 14.0. The maximum absolute atomic E-state index is 8.19. The highest BCUT2D eigenvalue weighted by Gasteiger charge is 2.51. The van der Waals surface area contributed by atoms with E-state index in [0.717, 1.165) is 44.6 Å². The maximum Gasteiger partial charge on any atom is 0.210 e. The summed E-state index contributed by atoms with van der Waals surface area (Å²) in [6.45, 7) is 8.19. The molecule has 10 rings (SSSR count). The third-order valence-corrected chi connectivity index (χ3v) is 10.1. The number of benzene rings is 6. The average molecular weight is 599 g/mol. The number of fused-ring (bicyclic) bond motifs is 12. The van der Waals surface area contributed by atoms with Gasteiger partial charge in [0.1, 0.15) is 0 Å². The molecule has 0 saturated heterocycles. The third kappa shape index (κ3) is 3.27. The highest BCUT2D eigenvalue weighted by Crippen LogP contribution is 2.63. The van der Waals surface area contributed by atoms with Crippen LogP contribution in [-0.2, 0) is 5.41 Å². The zero-order chi connectivity index (χ0) is 31.1. The lowest BCUT2D eigenvalue weighted by Crippen LogP contribution is -2.36. The minimum atomic E-state index is -0.462. The minimum absolute atomic E-state index is 0.462. The van der Waals surface area contributed by atoms with E-state index in [9.17, 15) is 0 Å². The van der Waals surface area contributed by atoms with Gasteiger partial charge in [-0.15, -0.1) is 0 Å². The van der Waals surface area contributed by atoms with Crippen molar-refractivity contribution in [2.24, 2.45) is 0 Å². The van der Waals surface area contributed by atoms with E-state index < -0.39 is 5.41 Å². The Bertz CT molecular complexity index is 2470. The van der Waals surface area contributed by atoms with E-state index >= 15 is 0 Å². The monoisotopic (exact) mass is 598 g/mol. The molecular formula is C43H26N4. The first kappa shape index (κ1) is 25.8. The summed E-state index contributed by atoms with van der Waals surface area (Å²) in [6, 6.07) is 52.1. The van der Waals surface area contributed by atoms with E-state index in [-0.39, 0.29) is 0 Å². The van der Waals surface area contributed by atoms with Crippen LogP contribution in [0.25, 0.3) is 43.5 Å². The molecule has 1 aliphatic carbocycles. The molecular weight excluding hydrogens is 573 g/mol. The van der Waals surface area contributed by atoms with E-state index in [1.54, 1.807) is 0 Å². The van der Waals surface area contributed by atoms with Gasteiger partial charge in [0.05, 0.1) is 40.1 Å². The van der Waals surface area contributed by atoms with Gasteiger partial charge in [0.15, 0.2) is 0 Å². The Morgan fingerprint density at radius 1 is 0.532 bits per heavy atom. The summed E-state index contributed by atoms with van der Waals surface area (Å²) in [5.74, 6) is 0. The summed E-state index contributed by atoms with van der Waals surface area (Å²) in [7, 11) is 0. The Morgan fingerprint density at radius 2 is 1.11 bits per heavy atom. The zero-order valence-electron chi connectivity index (χ0n) is 25.3. The van der Waals surface area contributed by atoms with E-state index in [1.807, 2.05) is 24.5 Å². The van der Waals surface area contributed by atoms with Crippen molar-refractivity contribution in [3.63, 3.8) is 0 Å². The third-order valence-electron chi connectivity index (χ3n) is 10.1. The number of hydrogen-bond acceptors (Lipinski definition) is 2. The second-order valence-corrected chi connectivity index (χ2v) is 12.2. The van der Waals surface area contributed by atoms with Gasteiger partial charge in [0.25, 0.3) is 0 Å². The molecule has 0 fully saturated rings. The number of anilines is 3. The molecule has 0 unspecified atom stereocenters. The Balaban J connectivity index is 1.28. The van der Waals surface area contributed by atoms with Gasteiger partial charge in [-0.2, -0.15) is 0 Å². The van der Waals surface area contributed by atoms with Crippen molar-refractivity contribution in [1.29, 1.82) is 0 Å². The Hall–Kier alpha value is -6.44. The highest BCUT2D eigenvalue weighted by molar-refractivity contribution is 6.09. The van der Waals surface area contributed by atoms with Crippen LogP contribution in [0.2, 0.25) is 0 Å². The number of hydrogen-bond donors (Lipinski definition) is 0. The van der Waals surface area contributed by atoms with Crippen LogP contribution in [-0.4, -0.2) is 9.55 Å². The molecule has 0 atom stereocenters. The Kier molecular flexibility index (Phi) is 5.24. The largest absolute Gasteiger partial charge is 0.319 e. The first-order valence-corrected chi connectivity index (χ1v) is 15.8. The molecule has 4 heteroatoms. The standard InChI is InChI=1S/C43H26N4/c1-44-37-23-22-28(26-42(37)47-38-19-9-4-14-31(38)32-27-45-25-24-39(32)47)46-40-20-10-7-17-35(40)43(36-18-8-11-21-41(36)46)33-15-5-2-12-29(33)30-13-3-6-16-34(30)43/h2-27H. The highest BCUT2D eigenvalue weighted by atomic mass is 15.2. The maximum atomic E-state index is 8.19. The fraction of sp³-hybridized carbons (Fsp3) is 0.0233. The lowest BCUT2D eigenvalue weighted by molar-refractivity contribution is 0.752. The van der Waals surface area contributed by atoms with E-state index in [4.69, 9.17) is 6.57 Å². The second-order valence-electron chi connectivity index (χ2n) is 12.2.